The van der Waals surface area contributed by atoms with Gasteiger partial charge in [-0.15, -0.1) is 0 Å². The lowest BCUT2D eigenvalue weighted by Gasteiger charge is -2.05. The minimum Gasteiger partial charge on any atom is -0.292 e. The molecule has 0 spiro atoms. The number of ketones is 1. The first-order chi connectivity index (χ1) is 8.56. The average molecular weight is 304 g/mol. The van der Waals surface area contributed by atoms with E-state index >= 15 is 0 Å². The van der Waals surface area contributed by atoms with Crippen molar-refractivity contribution < 1.29 is 4.79 Å². The van der Waals surface area contributed by atoms with Crippen LogP contribution in [0.2, 0.25) is 0 Å². The second-order valence-electron chi connectivity index (χ2n) is 4.40. The van der Waals surface area contributed by atoms with E-state index in [1.807, 2.05) is 44.2 Å². The predicted octanol–water partition coefficient (Wildman–Crippen LogP) is 3.89. The Morgan fingerprint density at radius 1 is 1.22 bits per heavy atom. The number of rotatable bonds is 3. The Morgan fingerprint density at radius 2 is 1.89 bits per heavy atom. The molecular weight excluding hydrogens is 290 g/mol. The van der Waals surface area contributed by atoms with Crippen LogP contribution in [0.3, 0.4) is 0 Å². The molecule has 1 aromatic heterocycles. The Labute approximate surface area is 115 Å². The molecular formula is C15H14BrNO. The van der Waals surface area contributed by atoms with E-state index in [-0.39, 0.29) is 5.78 Å². The monoisotopic (exact) mass is 303 g/mol. The summed E-state index contributed by atoms with van der Waals surface area (Å²) in [6.45, 7) is 3.90. The van der Waals surface area contributed by atoms with Gasteiger partial charge in [-0.05, 0) is 42.7 Å². The fourth-order valence-electron chi connectivity index (χ4n) is 1.88. The van der Waals surface area contributed by atoms with Gasteiger partial charge >= 0.3 is 0 Å². The van der Waals surface area contributed by atoms with Gasteiger partial charge in [-0.1, -0.05) is 34.1 Å². The zero-order valence-corrected chi connectivity index (χ0v) is 12.0. The predicted molar refractivity (Wildman–Crippen MR) is 75.9 cm³/mol. The largest absolute Gasteiger partial charge is 0.292 e. The van der Waals surface area contributed by atoms with Gasteiger partial charge in [-0.25, -0.2) is 0 Å². The van der Waals surface area contributed by atoms with E-state index < -0.39 is 0 Å². The fourth-order valence-corrected chi connectivity index (χ4v) is 2.14. The number of aryl methyl sites for hydroxylation is 2. The summed E-state index contributed by atoms with van der Waals surface area (Å²) in [6, 6.07) is 9.77. The van der Waals surface area contributed by atoms with Gasteiger partial charge in [0.25, 0.3) is 0 Å². The number of halogens is 1. The Bertz CT molecular complexity index is 576. The van der Waals surface area contributed by atoms with Crippen LogP contribution in [-0.2, 0) is 6.42 Å². The van der Waals surface area contributed by atoms with E-state index in [1.54, 1.807) is 6.20 Å². The lowest BCUT2D eigenvalue weighted by molar-refractivity contribution is 0.0987. The topological polar surface area (TPSA) is 30.0 Å². The molecule has 3 heteroatoms. The van der Waals surface area contributed by atoms with Gasteiger partial charge in [0.2, 0.25) is 0 Å². The number of pyridine rings is 1. The number of carbonyl (C=O) groups excluding carboxylic acids is 1. The summed E-state index contributed by atoms with van der Waals surface area (Å²) in [5.74, 6) is 0.0647. The van der Waals surface area contributed by atoms with Crippen molar-refractivity contribution >= 4 is 21.7 Å². The highest BCUT2D eigenvalue weighted by Crippen LogP contribution is 2.14. The summed E-state index contributed by atoms with van der Waals surface area (Å²) < 4.78 is 1.02. The fraction of sp³-hybridized carbons (Fsp3) is 0.200. The van der Waals surface area contributed by atoms with Crippen LogP contribution in [0.1, 0.15) is 27.2 Å². The molecule has 0 fully saturated rings. The van der Waals surface area contributed by atoms with Crippen LogP contribution < -0.4 is 0 Å². The van der Waals surface area contributed by atoms with Gasteiger partial charge in [-0.2, -0.15) is 0 Å². The molecule has 0 N–H and O–H groups in total. The molecule has 0 aliphatic rings. The summed E-state index contributed by atoms with van der Waals surface area (Å²) in [6.07, 6.45) is 2.13. The van der Waals surface area contributed by atoms with Crippen molar-refractivity contribution in [1.82, 2.24) is 4.98 Å². The third-order valence-corrected chi connectivity index (χ3v) is 3.29. The molecule has 2 nitrogen and oxygen atoms in total. The Balaban J connectivity index is 2.19. The second kappa shape index (κ2) is 5.44. The van der Waals surface area contributed by atoms with Crippen LogP contribution >= 0.6 is 15.9 Å². The molecule has 1 aromatic carbocycles. The maximum absolute atomic E-state index is 12.2. The van der Waals surface area contributed by atoms with E-state index in [0.717, 1.165) is 21.2 Å². The van der Waals surface area contributed by atoms with Crippen LogP contribution in [0, 0.1) is 13.8 Å². The average Bonchev–Trinajstić information content (AvgIpc) is 2.32. The molecule has 0 saturated heterocycles. The second-order valence-corrected chi connectivity index (χ2v) is 5.32. The lowest BCUT2D eigenvalue weighted by Crippen LogP contribution is -2.08. The number of hydrogen-bond acceptors (Lipinski definition) is 2. The molecule has 0 saturated carbocycles. The van der Waals surface area contributed by atoms with Gasteiger partial charge < -0.3 is 0 Å². The summed E-state index contributed by atoms with van der Waals surface area (Å²) in [7, 11) is 0. The van der Waals surface area contributed by atoms with Gasteiger partial charge in [0, 0.05) is 17.1 Å². The third-order valence-electron chi connectivity index (χ3n) is 2.76. The van der Waals surface area contributed by atoms with Crippen LogP contribution in [0.15, 0.2) is 41.0 Å². The van der Waals surface area contributed by atoms with Crippen molar-refractivity contribution in [3.05, 3.63) is 63.4 Å². The molecule has 92 valence electrons. The third kappa shape index (κ3) is 3.05. The molecule has 2 aromatic rings. The highest BCUT2D eigenvalue weighted by Gasteiger charge is 2.11. The lowest BCUT2D eigenvalue weighted by atomic mass is 10.0. The highest BCUT2D eigenvalue weighted by molar-refractivity contribution is 9.10. The Morgan fingerprint density at radius 3 is 2.50 bits per heavy atom. The molecule has 0 atom stereocenters. The molecule has 0 radical (unpaired) electrons. The number of benzene rings is 1. The highest BCUT2D eigenvalue weighted by atomic mass is 79.9. The summed E-state index contributed by atoms with van der Waals surface area (Å²) >= 11 is 3.38. The number of hydrogen-bond donors (Lipinski definition) is 0. The maximum atomic E-state index is 12.2. The van der Waals surface area contributed by atoms with E-state index in [0.29, 0.717) is 12.1 Å². The van der Waals surface area contributed by atoms with Crippen molar-refractivity contribution in [1.29, 1.82) is 0 Å². The smallest absolute Gasteiger partial charge is 0.185 e. The minimum atomic E-state index is 0.0647. The van der Waals surface area contributed by atoms with Crippen molar-refractivity contribution in [3.8, 4) is 0 Å². The molecule has 0 aliphatic carbocycles. The standard InChI is InChI=1S/C15H14BrNO/c1-10-7-11(2)15(17-9-10)14(18)8-12-3-5-13(16)6-4-12/h3-7,9H,8H2,1-2H3. The number of aromatic nitrogens is 1. The number of carbonyl (C=O) groups is 1. The van der Waals surface area contributed by atoms with E-state index in [1.165, 1.54) is 0 Å². The Kier molecular flexibility index (Phi) is 3.92. The van der Waals surface area contributed by atoms with E-state index in [4.69, 9.17) is 0 Å². The zero-order chi connectivity index (χ0) is 13.1. The first kappa shape index (κ1) is 13.0. The van der Waals surface area contributed by atoms with Crippen LogP contribution in [-0.4, -0.2) is 10.8 Å². The molecule has 0 unspecified atom stereocenters. The summed E-state index contributed by atoms with van der Waals surface area (Å²) in [5.41, 5.74) is 3.60. The van der Waals surface area contributed by atoms with Crippen molar-refractivity contribution in [2.75, 3.05) is 0 Å². The first-order valence-corrected chi connectivity index (χ1v) is 6.56. The molecule has 0 aliphatic heterocycles. The van der Waals surface area contributed by atoms with Gasteiger partial charge in [0.05, 0.1) is 0 Å². The quantitative estimate of drug-likeness (QED) is 0.805. The summed E-state index contributed by atoms with van der Waals surface area (Å²) in [4.78, 5) is 16.4. The molecule has 0 amide bonds. The number of nitrogens with zero attached hydrogens (tertiary/aromatic N) is 1. The Hall–Kier alpha value is -1.48. The van der Waals surface area contributed by atoms with E-state index in [2.05, 4.69) is 20.9 Å². The van der Waals surface area contributed by atoms with Gasteiger partial charge in [0.1, 0.15) is 5.69 Å². The normalized spacial score (nSPS) is 10.4. The van der Waals surface area contributed by atoms with Crippen molar-refractivity contribution in [2.45, 2.75) is 20.3 Å². The molecule has 1 heterocycles. The van der Waals surface area contributed by atoms with Crippen molar-refractivity contribution in [3.63, 3.8) is 0 Å². The zero-order valence-electron chi connectivity index (χ0n) is 10.4. The molecule has 2 rings (SSSR count). The van der Waals surface area contributed by atoms with Gasteiger partial charge in [0.15, 0.2) is 5.78 Å². The van der Waals surface area contributed by atoms with Gasteiger partial charge in [-0.3, -0.25) is 9.78 Å². The molecule has 0 bridgehead atoms. The number of Topliss-reactive ketones (excluding diaryl/α,β-unsaturated/α-hetero) is 1. The van der Waals surface area contributed by atoms with Crippen LogP contribution in [0.5, 0.6) is 0 Å². The maximum Gasteiger partial charge on any atom is 0.185 e. The first-order valence-electron chi connectivity index (χ1n) is 5.77. The minimum absolute atomic E-state index is 0.0647. The van der Waals surface area contributed by atoms with Crippen LogP contribution in [0.4, 0.5) is 0 Å². The van der Waals surface area contributed by atoms with Crippen molar-refractivity contribution in [2.24, 2.45) is 0 Å². The summed E-state index contributed by atoms with van der Waals surface area (Å²) in [5, 5.41) is 0. The SMILES string of the molecule is Cc1cnc(C(=O)Cc2ccc(Br)cc2)c(C)c1. The molecule has 18 heavy (non-hydrogen) atoms. The van der Waals surface area contributed by atoms with Crippen LogP contribution in [0.25, 0.3) is 0 Å². The van der Waals surface area contributed by atoms with E-state index in [9.17, 15) is 4.79 Å².